The van der Waals surface area contributed by atoms with Crippen molar-refractivity contribution in [1.82, 2.24) is 15.5 Å². The standard InChI is InChI=1S/C7H8N4O/c1-5(4-8)10-7(12)6-2-3-9-11-6/h2-3,5H,1H3,(H,9,11)(H,10,12)/t5-/m1/s1. The van der Waals surface area contributed by atoms with Crippen LogP contribution >= 0.6 is 0 Å². The maximum Gasteiger partial charge on any atom is 0.270 e. The minimum absolute atomic E-state index is 0.318. The van der Waals surface area contributed by atoms with Crippen LogP contribution in [0.5, 0.6) is 0 Å². The molecule has 0 aliphatic carbocycles. The van der Waals surface area contributed by atoms with E-state index in [-0.39, 0.29) is 5.91 Å². The van der Waals surface area contributed by atoms with Crippen LogP contribution in [0.2, 0.25) is 0 Å². The first-order chi connectivity index (χ1) is 5.74. The first-order valence-electron chi connectivity index (χ1n) is 3.44. The fourth-order valence-corrected chi connectivity index (χ4v) is 0.689. The summed E-state index contributed by atoms with van der Waals surface area (Å²) in [6.07, 6.45) is 1.48. The predicted molar refractivity (Wildman–Crippen MR) is 41.1 cm³/mol. The molecular weight excluding hydrogens is 156 g/mol. The number of rotatable bonds is 2. The number of amides is 1. The highest BCUT2D eigenvalue weighted by Gasteiger charge is 2.08. The Morgan fingerprint density at radius 2 is 2.67 bits per heavy atom. The summed E-state index contributed by atoms with van der Waals surface area (Å²) in [6.45, 7) is 1.61. The minimum atomic E-state index is -0.485. The van der Waals surface area contributed by atoms with Gasteiger partial charge in [-0.25, -0.2) is 0 Å². The molecule has 1 heterocycles. The minimum Gasteiger partial charge on any atom is -0.335 e. The number of nitrogens with one attached hydrogen (secondary N) is 2. The van der Waals surface area contributed by atoms with E-state index in [1.54, 1.807) is 13.0 Å². The topological polar surface area (TPSA) is 81.6 Å². The SMILES string of the molecule is C[C@H](C#N)NC(=O)c1ccn[nH]1. The molecule has 0 unspecified atom stereocenters. The maximum atomic E-state index is 11.1. The van der Waals surface area contributed by atoms with Crippen molar-refractivity contribution in [3.63, 3.8) is 0 Å². The van der Waals surface area contributed by atoms with Crippen LogP contribution < -0.4 is 5.32 Å². The Bertz CT molecular complexity index is 298. The second kappa shape index (κ2) is 3.53. The molecule has 0 aromatic carbocycles. The average Bonchev–Trinajstić information content (AvgIpc) is 2.56. The molecule has 0 saturated heterocycles. The summed E-state index contributed by atoms with van der Waals surface area (Å²) in [5, 5.41) is 17.0. The smallest absolute Gasteiger partial charge is 0.270 e. The van der Waals surface area contributed by atoms with Crippen LogP contribution in [0, 0.1) is 11.3 Å². The van der Waals surface area contributed by atoms with Crippen LogP contribution in [0.1, 0.15) is 17.4 Å². The lowest BCUT2D eigenvalue weighted by Crippen LogP contribution is -2.31. The molecular formula is C7H8N4O. The van der Waals surface area contributed by atoms with Gasteiger partial charge in [-0.05, 0) is 13.0 Å². The Morgan fingerprint density at radius 3 is 3.17 bits per heavy atom. The van der Waals surface area contributed by atoms with Crippen molar-refractivity contribution >= 4 is 5.91 Å². The molecule has 0 saturated carbocycles. The third-order valence-corrected chi connectivity index (χ3v) is 1.29. The fraction of sp³-hybridized carbons (Fsp3) is 0.286. The van der Waals surface area contributed by atoms with Gasteiger partial charge in [-0.1, -0.05) is 0 Å². The maximum absolute atomic E-state index is 11.1. The number of hydrogen-bond acceptors (Lipinski definition) is 3. The van der Waals surface area contributed by atoms with Gasteiger partial charge in [0.2, 0.25) is 0 Å². The summed E-state index contributed by atoms with van der Waals surface area (Å²) >= 11 is 0. The molecule has 5 heteroatoms. The zero-order valence-corrected chi connectivity index (χ0v) is 6.53. The van der Waals surface area contributed by atoms with Crippen molar-refractivity contribution in [2.24, 2.45) is 0 Å². The van der Waals surface area contributed by atoms with Gasteiger partial charge in [0.05, 0.1) is 6.07 Å². The van der Waals surface area contributed by atoms with Crippen molar-refractivity contribution in [3.05, 3.63) is 18.0 Å². The molecule has 2 N–H and O–H groups in total. The summed E-state index contributed by atoms with van der Waals surface area (Å²) in [6, 6.07) is 2.95. The van der Waals surface area contributed by atoms with Crippen LogP contribution in [-0.4, -0.2) is 22.1 Å². The predicted octanol–water partition coefficient (Wildman–Crippen LogP) is 0.0516. The third-order valence-electron chi connectivity index (χ3n) is 1.29. The number of carbonyl (C=O) groups is 1. The number of carbonyl (C=O) groups excluding carboxylic acids is 1. The summed E-state index contributed by atoms with van der Waals surface area (Å²) in [4.78, 5) is 11.1. The Labute approximate surface area is 69.4 Å². The Kier molecular flexibility index (Phi) is 2.43. The van der Waals surface area contributed by atoms with Crippen LogP contribution in [0.4, 0.5) is 0 Å². The average molecular weight is 164 g/mol. The summed E-state index contributed by atoms with van der Waals surface area (Å²) in [5.74, 6) is -0.318. The van der Waals surface area contributed by atoms with Gasteiger partial charge in [-0.3, -0.25) is 9.89 Å². The van der Waals surface area contributed by atoms with Gasteiger partial charge in [0.1, 0.15) is 11.7 Å². The Morgan fingerprint density at radius 1 is 1.92 bits per heavy atom. The van der Waals surface area contributed by atoms with E-state index in [1.165, 1.54) is 6.20 Å². The Hall–Kier alpha value is -1.83. The second-order valence-corrected chi connectivity index (χ2v) is 2.29. The molecule has 1 amide bonds. The van der Waals surface area contributed by atoms with Gasteiger partial charge >= 0.3 is 0 Å². The van der Waals surface area contributed by atoms with Crippen LogP contribution in [-0.2, 0) is 0 Å². The first-order valence-corrected chi connectivity index (χ1v) is 3.44. The normalized spacial score (nSPS) is 11.7. The molecule has 1 rings (SSSR count). The zero-order chi connectivity index (χ0) is 8.97. The number of nitriles is 1. The summed E-state index contributed by atoms with van der Waals surface area (Å²) in [7, 11) is 0. The van der Waals surface area contributed by atoms with Gasteiger partial charge in [0.25, 0.3) is 5.91 Å². The molecule has 0 aliphatic heterocycles. The Balaban J connectivity index is 2.57. The van der Waals surface area contributed by atoms with Crippen LogP contribution in [0.15, 0.2) is 12.3 Å². The zero-order valence-electron chi connectivity index (χ0n) is 6.53. The van der Waals surface area contributed by atoms with Gasteiger partial charge < -0.3 is 5.32 Å². The molecule has 1 atom stereocenters. The van der Waals surface area contributed by atoms with E-state index in [9.17, 15) is 4.79 Å². The third kappa shape index (κ3) is 1.83. The van der Waals surface area contributed by atoms with Crippen molar-refractivity contribution in [1.29, 1.82) is 5.26 Å². The van der Waals surface area contributed by atoms with E-state index < -0.39 is 6.04 Å². The highest BCUT2D eigenvalue weighted by atomic mass is 16.2. The van der Waals surface area contributed by atoms with Crippen molar-refractivity contribution < 1.29 is 4.79 Å². The van der Waals surface area contributed by atoms with E-state index in [1.807, 2.05) is 6.07 Å². The van der Waals surface area contributed by atoms with E-state index in [4.69, 9.17) is 5.26 Å². The van der Waals surface area contributed by atoms with Gasteiger partial charge in [-0.15, -0.1) is 0 Å². The highest BCUT2D eigenvalue weighted by Crippen LogP contribution is 1.91. The molecule has 0 bridgehead atoms. The summed E-state index contributed by atoms with van der Waals surface area (Å²) in [5.41, 5.74) is 0.358. The lowest BCUT2D eigenvalue weighted by molar-refractivity contribution is 0.0943. The van der Waals surface area contributed by atoms with E-state index >= 15 is 0 Å². The molecule has 1 aromatic heterocycles. The van der Waals surface area contributed by atoms with Crippen molar-refractivity contribution in [3.8, 4) is 6.07 Å². The van der Waals surface area contributed by atoms with Gasteiger partial charge in [0.15, 0.2) is 0 Å². The number of H-pyrrole nitrogens is 1. The molecule has 0 spiro atoms. The van der Waals surface area contributed by atoms with E-state index in [2.05, 4.69) is 15.5 Å². The molecule has 0 radical (unpaired) electrons. The van der Waals surface area contributed by atoms with E-state index in [0.29, 0.717) is 5.69 Å². The van der Waals surface area contributed by atoms with Gasteiger partial charge in [0, 0.05) is 6.20 Å². The molecule has 5 nitrogen and oxygen atoms in total. The first kappa shape index (κ1) is 8.27. The highest BCUT2D eigenvalue weighted by molar-refractivity contribution is 5.92. The molecule has 62 valence electrons. The number of aromatic amines is 1. The summed E-state index contributed by atoms with van der Waals surface area (Å²) < 4.78 is 0. The van der Waals surface area contributed by atoms with Crippen LogP contribution in [0.3, 0.4) is 0 Å². The monoisotopic (exact) mass is 164 g/mol. The number of nitrogens with zero attached hydrogens (tertiary/aromatic N) is 2. The largest absolute Gasteiger partial charge is 0.335 e. The molecule has 1 aromatic rings. The van der Waals surface area contributed by atoms with E-state index in [0.717, 1.165) is 0 Å². The lowest BCUT2D eigenvalue weighted by atomic mass is 10.3. The number of aromatic nitrogens is 2. The van der Waals surface area contributed by atoms with Gasteiger partial charge in [-0.2, -0.15) is 10.4 Å². The quantitative estimate of drug-likeness (QED) is 0.648. The number of hydrogen-bond donors (Lipinski definition) is 2. The molecule has 12 heavy (non-hydrogen) atoms. The van der Waals surface area contributed by atoms with Crippen molar-refractivity contribution in [2.45, 2.75) is 13.0 Å². The molecule has 0 fully saturated rings. The second-order valence-electron chi connectivity index (χ2n) is 2.29. The molecule has 0 aliphatic rings. The van der Waals surface area contributed by atoms with Crippen LogP contribution in [0.25, 0.3) is 0 Å². The van der Waals surface area contributed by atoms with Crippen molar-refractivity contribution in [2.75, 3.05) is 0 Å². The fourth-order valence-electron chi connectivity index (χ4n) is 0.689. The lowest BCUT2D eigenvalue weighted by Gasteiger charge is -2.02.